The van der Waals surface area contributed by atoms with E-state index >= 15 is 0 Å². The second-order valence-electron chi connectivity index (χ2n) is 5.12. The molecule has 0 atom stereocenters. The van der Waals surface area contributed by atoms with Crippen molar-refractivity contribution in [2.24, 2.45) is 4.40 Å². The molecule has 0 saturated carbocycles. The Morgan fingerprint density at radius 1 is 1.28 bits per heavy atom. The number of para-hydroxylation sites is 1. The zero-order valence-electron chi connectivity index (χ0n) is 11.0. The van der Waals surface area contributed by atoms with Crippen molar-refractivity contribution in [2.45, 2.75) is 32.4 Å². The Bertz CT molecular complexity index is 595. The summed E-state index contributed by atoms with van der Waals surface area (Å²) in [6.45, 7) is 8.40. The Hall–Kier alpha value is -0.740. The monoisotopic (exact) mass is 325 g/mol. The molecule has 0 radical (unpaired) electrons. The topological polar surface area (TPSA) is 25.5 Å². The lowest BCUT2D eigenvalue weighted by molar-refractivity contribution is 0.602. The zero-order valence-corrected chi connectivity index (χ0v) is 13.4. The van der Waals surface area contributed by atoms with Gasteiger partial charge < -0.3 is 4.42 Å². The molecule has 0 saturated heterocycles. The molecule has 0 amide bonds. The average Bonchev–Trinajstić information content (AvgIpc) is 2.64. The van der Waals surface area contributed by atoms with Crippen LogP contribution < -0.4 is 0 Å². The maximum Gasteiger partial charge on any atom is 0.164 e. The maximum atomic E-state index is 5.83. The lowest BCUT2D eigenvalue weighted by atomic mass is 10.2. The largest absolute Gasteiger partial charge is 0.454 e. The van der Waals surface area contributed by atoms with Gasteiger partial charge in [0.2, 0.25) is 0 Å². The highest BCUT2D eigenvalue weighted by Crippen LogP contribution is 2.32. The van der Waals surface area contributed by atoms with E-state index in [0.717, 1.165) is 26.9 Å². The number of rotatable bonds is 2. The third kappa shape index (κ3) is 2.98. The van der Waals surface area contributed by atoms with Crippen LogP contribution in [0.1, 0.15) is 33.5 Å². The average molecular weight is 326 g/mol. The highest BCUT2D eigenvalue weighted by molar-refractivity contribution is 9.10. The van der Waals surface area contributed by atoms with Gasteiger partial charge >= 0.3 is 0 Å². The highest BCUT2D eigenvalue weighted by Gasteiger charge is 2.16. The van der Waals surface area contributed by atoms with Crippen LogP contribution in [0.5, 0.6) is 0 Å². The van der Waals surface area contributed by atoms with Crippen LogP contribution in [0.4, 0.5) is 0 Å². The molecule has 2 rings (SSSR count). The summed E-state index contributed by atoms with van der Waals surface area (Å²) in [7, 11) is 0. The summed E-state index contributed by atoms with van der Waals surface area (Å²) in [5.41, 5.74) is 1.78. The second-order valence-corrected chi connectivity index (χ2v) is 7.50. The summed E-state index contributed by atoms with van der Waals surface area (Å²) in [4.78, 5) is 0. The molecular weight excluding hydrogens is 310 g/mol. The first-order valence-corrected chi connectivity index (χ1v) is 7.35. The van der Waals surface area contributed by atoms with Crippen molar-refractivity contribution in [2.75, 3.05) is 0 Å². The van der Waals surface area contributed by atoms with Crippen LogP contribution in [0, 0.1) is 0 Å². The molecule has 2 nitrogen and oxygen atoms in total. The van der Waals surface area contributed by atoms with Crippen molar-refractivity contribution >= 4 is 44.6 Å². The minimum atomic E-state index is 0.111. The Morgan fingerprint density at radius 3 is 2.56 bits per heavy atom. The molecule has 1 heterocycles. The van der Waals surface area contributed by atoms with Crippen LogP contribution >= 0.6 is 27.9 Å². The number of fused-ring (bicyclic) bond motifs is 1. The number of halogens is 1. The number of furan rings is 1. The van der Waals surface area contributed by atoms with Crippen molar-refractivity contribution in [1.29, 1.82) is 0 Å². The van der Waals surface area contributed by atoms with Gasteiger partial charge in [-0.05, 0) is 67.7 Å². The summed E-state index contributed by atoms with van der Waals surface area (Å²) in [5, 5.41) is 1.09. The SMILES string of the molecule is CC(=NSC(C)(C)C)c1oc2ccccc2c1Br. The van der Waals surface area contributed by atoms with Crippen LogP contribution in [-0.2, 0) is 0 Å². The smallest absolute Gasteiger partial charge is 0.164 e. The minimum Gasteiger partial charge on any atom is -0.454 e. The third-order valence-corrected chi connectivity index (χ3v) is 4.02. The van der Waals surface area contributed by atoms with E-state index in [1.807, 2.05) is 31.2 Å². The quantitative estimate of drug-likeness (QED) is 0.541. The molecule has 18 heavy (non-hydrogen) atoms. The van der Waals surface area contributed by atoms with Gasteiger partial charge in [-0.3, -0.25) is 0 Å². The second kappa shape index (κ2) is 5.10. The Kier molecular flexibility index (Phi) is 3.87. The molecule has 4 heteroatoms. The molecule has 0 bridgehead atoms. The van der Waals surface area contributed by atoms with Gasteiger partial charge in [0.05, 0.1) is 10.2 Å². The fourth-order valence-electron chi connectivity index (χ4n) is 1.49. The lowest BCUT2D eigenvalue weighted by Crippen LogP contribution is -2.06. The first kappa shape index (κ1) is 13.7. The molecule has 0 aliphatic heterocycles. The Balaban J connectivity index is 2.39. The van der Waals surface area contributed by atoms with Crippen molar-refractivity contribution in [3.8, 4) is 0 Å². The standard InChI is InChI=1S/C14H16BrNOS/c1-9(16-18-14(2,3)4)13-12(15)10-7-5-6-8-11(10)17-13/h5-8H,1-4H3. The first-order valence-electron chi connectivity index (χ1n) is 5.78. The fraction of sp³-hybridized carbons (Fsp3) is 0.357. The predicted molar refractivity (Wildman–Crippen MR) is 83.5 cm³/mol. The van der Waals surface area contributed by atoms with Gasteiger partial charge in [-0.1, -0.05) is 12.1 Å². The van der Waals surface area contributed by atoms with Gasteiger partial charge in [0.15, 0.2) is 5.76 Å². The van der Waals surface area contributed by atoms with E-state index < -0.39 is 0 Å². The molecule has 0 aliphatic rings. The molecule has 0 aliphatic carbocycles. The predicted octanol–water partition coefficient (Wildman–Crippen LogP) is 5.45. The molecule has 96 valence electrons. The minimum absolute atomic E-state index is 0.111. The van der Waals surface area contributed by atoms with Crippen LogP contribution in [0.3, 0.4) is 0 Å². The normalized spacial score (nSPS) is 13.3. The van der Waals surface area contributed by atoms with E-state index in [0.29, 0.717) is 0 Å². The van der Waals surface area contributed by atoms with Gasteiger partial charge in [-0.2, -0.15) is 0 Å². The van der Waals surface area contributed by atoms with Crippen LogP contribution in [0.2, 0.25) is 0 Å². The van der Waals surface area contributed by atoms with Crippen LogP contribution in [-0.4, -0.2) is 10.5 Å². The molecule has 0 spiro atoms. The fourth-order valence-corrected chi connectivity index (χ4v) is 2.68. The van der Waals surface area contributed by atoms with Gasteiger partial charge in [0.1, 0.15) is 5.58 Å². The Morgan fingerprint density at radius 2 is 1.94 bits per heavy atom. The molecule has 0 fully saturated rings. The van der Waals surface area contributed by atoms with E-state index in [4.69, 9.17) is 4.42 Å². The van der Waals surface area contributed by atoms with E-state index in [2.05, 4.69) is 41.1 Å². The summed E-state index contributed by atoms with van der Waals surface area (Å²) < 4.78 is 11.5. The van der Waals surface area contributed by atoms with Gasteiger partial charge in [-0.15, -0.1) is 0 Å². The van der Waals surface area contributed by atoms with Crippen molar-refractivity contribution in [1.82, 2.24) is 0 Å². The molecular formula is C14H16BrNOS. The highest BCUT2D eigenvalue weighted by atomic mass is 79.9. The lowest BCUT2D eigenvalue weighted by Gasteiger charge is -2.13. The molecule has 2 aromatic rings. The van der Waals surface area contributed by atoms with Gasteiger partial charge in [0, 0.05) is 10.1 Å². The molecule has 0 N–H and O–H groups in total. The molecule has 0 unspecified atom stereocenters. The third-order valence-electron chi connectivity index (χ3n) is 2.32. The van der Waals surface area contributed by atoms with E-state index in [1.54, 1.807) is 11.9 Å². The van der Waals surface area contributed by atoms with Gasteiger partial charge in [-0.25, -0.2) is 4.40 Å². The number of hydrogen-bond acceptors (Lipinski definition) is 3. The number of hydrogen-bond donors (Lipinski definition) is 0. The summed E-state index contributed by atoms with van der Waals surface area (Å²) in [5.74, 6) is 0.813. The van der Waals surface area contributed by atoms with Crippen LogP contribution in [0.25, 0.3) is 11.0 Å². The van der Waals surface area contributed by atoms with E-state index in [-0.39, 0.29) is 4.75 Å². The first-order chi connectivity index (χ1) is 8.38. The van der Waals surface area contributed by atoms with Gasteiger partial charge in [0.25, 0.3) is 0 Å². The maximum absolute atomic E-state index is 5.83. The molecule has 1 aromatic carbocycles. The molecule has 1 aromatic heterocycles. The summed E-state index contributed by atoms with van der Waals surface area (Å²) >= 11 is 5.15. The van der Waals surface area contributed by atoms with E-state index in [9.17, 15) is 0 Å². The van der Waals surface area contributed by atoms with Crippen LogP contribution in [0.15, 0.2) is 37.6 Å². The summed E-state index contributed by atoms with van der Waals surface area (Å²) in [6, 6.07) is 7.98. The van der Waals surface area contributed by atoms with E-state index in [1.165, 1.54) is 0 Å². The Labute approximate surface area is 120 Å². The number of benzene rings is 1. The summed E-state index contributed by atoms with van der Waals surface area (Å²) in [6.07, 6.45) is 0. The number of nitrogens with zero attached hydrogens (tertiary/aromatic N) is 1. The van der Waals surface area contributed by atoms with Crippen molar-refractivity contribution < 1.29 is 4.42 Å². The van der Waals surface area contributed by atoms with Crippen molar-refractivity contribution in [3.63, 3.8) is 0 Å². The van der Waals surface area contributed by atoms with Crippen molar-refractivity contribution in [3.05, 3.63) is 34.5 Å². The zero-order chi connectivity index (χ0) is 13.3.